The van der Waals surface area contributed by atoms with Crippen molar-refractivity contribution in [1.29, 1.82) is 0 Å². The number of hydrogen-bond donors (Lipinski definition) is 1. The molecule has 1 aromatic carbocycles. The quantitative estimate of drug-likeness (QED) is 0.700. The lowest BCUT2D eigenvalue weighted by molar-refractivity contribution is 0.411. The Morgan fingerprint density at radius 2 is 2.05 bits per heavy atom. The first-order chi connectivity index (χ1) is 10.3. The lowest BCUT2D eigenvalue weighted by atomic mass is 10.0. The third-order valence-corrected chi connectivity index (χ3v) is 5.55. The van der Waals surface area contributed by atoms with Gasteiger partial charge in [0.1, 0.15) is 5.75 Å². The number of hydrogen-bond acceptors (Lipinski definition) is 3. The molecule has 0 radical (unpaired) electrons. The van der Waals surface area contributed by atoms with Crippen LogP contribution in [0.15, 0.2) is 18.2 Å². The predicted molar refractivity (Wildman–Crippen MR) is 93.2 cm³/mol. The Hall–Kier alpha value is -0.670. The van der Waals surface area contributed by atoms with E-state index in [-0.39, 0.29) is 0 Å². The van der Waals surface area contributed by atoms with E-state index < -0.39 is 0 Å². The van der Waals surface area contributed by atoms with Gasteiger partial charge in [0, 0.05) is 23.1 Å². The monoisotopic (exact) mass is 307 g/mol. The fourth-order valence-corrected chi connectivity index (χ4v) is 4.21. The summed E-state index contributed by atoms with van der Waals surface area (Å²) in [5, 5.41) is 4.33. The summed E-state index contributed by atoms with van der Waals surface area (Å²) in [6, 6.07) is 6.62. The zero-order valence-electron chi connectivity index (χ0n) is 13.5. The topological polar surface area (TPSA) is 21.3 Å². The van der Waals surface area contributed by atoms with E-state index in [0.29, 0.717) is 0 Å². The van der Waals surface area contributed by atoms with Gasteiger partial charge in [0.05, 0.1) is 7.11 Å². The van der Waals surface area contributed by atoms with Gasteiger partial charge in [-0.05, 0) is 43.5 Å². The van der Waals surface area contributed by atoms with Crippen LogP contribution in [0.3, 0.4) is 0 Å². The van der Waals surface area contributed by atoms with Crippen LogP contribution in [0, 0.1) is 0 Å². The van der Waals surface area contributed by atoms with Crippen LogP contribution < -0.4 is 10.1 Å². The summed E-state index contributed by atoms with van der Waals surface area (Å²) in [5.74, 6) is 2.12. The molecule has 0 saturated heterocycles. The van der Waals surface area contributed by atoms with Crippen LogP contribution in [0.25, 0.3) is 0 Å². The highest BCUT2D eigenvalue weighted by atomic mass is 32.2. The molecule has 0 spiro atoms. The lowest BCUT2D eigenvalue weighted by Gasteiger charge is -2.21. The van der Waals surface area contributed by atoms with Gasteiger partial charge in [0.15, 0.2) is 0 Å². The summed E-state index contributed by atoms with van der Waals surface area (Å²) in [5.41, 5.74) is 2.72. The zero-order chi connectivity index (χ0) is 14.9. The van der Waals surface area contributed by atoms with Crippen LogP contribution in [0.1, 0.15) is 56.6 Å². The molecule has 0 heterocycles. The second-order valence-corrected chi connectivity index (χ2v) is 7.18. The minimum absolute atomic E-state index is 0.852. The number of rotatable bonds is 8. The maximum atomic E-state index is 5.53. The molecule has 3 heteroatoms. The van der Waals surface area contributed by atoms with E-state index in [1.807, 2.05) is 0 Å². The number of benzene rings is 1. The Balaban J connectivity index is 1.92. The van der Waals surface area contributed by atoms with Gasteiger partial charge >= 0.3 is 0 Å². The van der Waals surface area contributed by atoms with E-state index >= 15 is 0 Å². The summed E-state index contributed by atoms with van der Waals surface area (Å²) in [6.07, 6.45) is 8.22. The molecule has 0 unspecified atom stereocenters. The van der Waals surface area contributed by atoms with Crippen molar-refractivity contribution in [3.63, 3.8) is 0 Å². The van der Waals surface area contributed by atoms with Gasteiger partial charge in [0.2, 0.25) is 0 Å². The molecule has 118 valence electrons. The Labute approximate surface area is 134 Å². The van der Waals surface area contributed by atoms with E-state index in [4.69, 9.17) is 4.74 Å². The first-order valence-electron chi connectivity index (χ1n) is 8.31. The first kappa shape index (κ1) is 16.7. The Bertz CT molecular complexity index is 416. The van der Waals surface area contributed by atoms with Gasteiger partial charge in [-0.3, -0.25) is 0 Å². The third-order valence-electron chi connectivity index (χ3n) is 4.13. The van der Waals surface area contributed by atoms with Crippen LogP contribution in [0.2, 0.25) is 0 Å². The number of ether oxygens (including phenoxy) is 1. The Kier molecular flexibility index (Phi) is 7.45. The van der Waals surface area contributed by atoms with Gasteiger partial charge in [-0.15, -0.1) is 0 Å². The van der Waals surface area contributed by atoms with E-state index in [2.05, 4.69) is 42.2 Å². The van der Waals surface area contributed by atoms with Crippen molar-refractivity contribution in [2.75, 3.05) is 13.7 Å². The summed E-state index contributed by atoms with van der Waals surface area (Å²) in [7, 11) is 1.78. The Morgan fingerprint density at radius 3 is 2.76 bits per heavy atom. The van der Waals surface area contributed by atoms with E-state index in [1.165, 1.54) is 49.7 Å². The highest BCUT2D eigenvalue weighted by Gasteiger charge is 2.15. The molecule has 0 amide bonds. The second kappa shape index (κ2) is 9.37. The van der Waals surface area contributed by atoms with Gasteiger partial charge < -0.3 is 10.1 Å². The summed E-state index contributed by atoms with van der Waals surface area (Å²) < 4.78 is 5.53. The number of thioether (sulfide) groups is 1. The predicted octanol–water partition coefficient (Wildman–Crippen LogP) is 4.76. The lowest BCUT2D eigenvalue weighted by Crippen LogP contribution is -2.14. The molecular formula is C18H29NOS. The van der Waals surface area contributed by atoms with Crippen LogP contribution in [-0.2, 0) is 12.3 Å². The zero-order valence-corrected chi connectivity index (χ0v) is 14.3. The van der Waals surface area contributed by atoms with Gasteiger partial charge in [-0.1, -0.05) is 32.3 Å². The highest BCUT2D eigenvalue weighted by Crippen LogP contribution is 2.33. The molecule has 0 aliphatic heterocycles. The van der Waals surface area contributed by atoms with Crippen molar-refractivity contribution < 1.29 is 4.74 Å². The summed E-state index contributed by atoms with van der Waals surface area (Å²) >= 11 is 2.12. The Morgan fingerprint density at radius 1 is 1.24 bits per heavy atom. The van der Waals surface area contributed by atoms with Crippen molar-refractivity contribution in [2.45, 2.75) is 63.0 Å². The van der Waals surface area contributed by atoms with Crippen molar-refractivity contribution in [2.24, 2.45) is 0 Å². The standard InChI is InChI=1S/C18H29NOS/c1-3-11-19-13-15-9-10-18(20-2)16(12-15)14-21-17-7-5-4-6-8-17/h9-10,12,17,19H,3-8,11,13-14H2,1-2H3. The fraction of sp³-hybridized carbons (Fsp3) is 0.667. The molecule has 0 atom stereocenters. The molecule has 0 aromatic heterocycles. The maximum Gasteiger partial charge on any atom is 0.122 e. The number of methoxy groups -OCH3 is 1. The van der Waals surface area contributed by atoms with Gasteiger partial charge in [-0.25, -0.2) is 0 Å². The number of nitrogens with one attached hydrogen (secondary N) is 1. The minimum atomic E-state index is 0.852. The van der Waals surface area contributed by atoms with E-state index in [0.717, 1.165) is 29.8 Å². The minimum Gasteiger partial charge on any atom is -0.496 e. The average molecular weight is 308 g/mol. The van der Waals surface area contributed by atoms with Gasteiger partial charge in [-0.2, -0.15) is 11.8 Å². The van der Waals surface area contributed by atoms with Gasteiger partial charge in [0.25, 0.3) is 0 Å². The molecule has 1 aliphatic rings. The SMILES string of the molecule is CCCNCc1ccc(OC)c(CSC2CCCCC2)c1. The van der Waals surface area contributed by atoms with E-state index in [1.54, 1.807) is 7.11 Å². The summed E-state index contributed by atoms with van der Waals surface area (Å²) in [4.78, 5) is 0. The first-order valence-corrected chi connectivity index (χ1v) is 9.36. The third kappa shape index (κ3) is 5.55. The van der Waals surface area contributed by atoms with Crippen molar-refractivity contribution in [3.05, 3.63) is 29.3 Å². The molecule has 2 rings (SSSR count). The second-order valence-electron chi connectivity index (χ2n) is 5.89. The van der Waals surface area contributed by atoms with Crippen LogP contribution in [-0.4, -0.2) is 18.9 Å². The normalized spacial score (nSPS) is 16.1. The fourth-order valence-electron chi connectivity index (χ4n) is 2.90. The van der Waals surface area contributed by atoms with Crippen molar-refractivity contribution in [3.8, 4) is 5.75 Å². The summed E-state index contributed by atoms with van der Waals surface area (Å²) in [6.45, 7) is 4.24. The molecular weight excluding hydrogens is 278 g/mol. The van der Waals surface area contributed by atoms with Crippen LogP contribution in [0.5, 0.6) is 5.75 Å². The van der Waals surface area contributed by atoms with E-state index in [9.17, 15) is 0 Å². The average Bonchev–Trinajstić information content (AvgIpc) is 2.54. The maximum absolute atomic E-state index is 5.53. The van der Waals surface area contributed by atoms with Crippen molar-refractivity contribution >= 4 is 11.8 Å². The van der Waals surface area contributed by atoms with Crippen LogP contribution in [0.4, 0.5) is 0 Å². The molecule has 1 aromatic rings. The molecule has 21 heavy (non-hydrogen) atoms. The molecule has 1 N–H and O–H groups in total. The van der Waals surface area contributed by atoms with Crippen molar-refractivity contribution in [1.82, 2.24) is 5.32 Å². The molecule has 0 bridgehead atoms. The van der Waals surface area contributed by atoms with Crippen LogP contribution >= 0.6 is 11.8 Å². The molecule has 1 aliphatic carbocycles. The molecule has 2 nitrogen and oxygen atoms in total. The largest absolute Gasteiger partial charge is 0.496 e. The highest BCUT2D eigenvalue weighted by molar-refractivity contribution is 7.99. The smallest absolute Gasteiger partial charge is 0.122 e. The molecule has 1 fully saturated rings. The molecule has 1 saturated carbocycles.